The highest BCUT2D eigenvalue weighted by molar-refractivity contribution is 5.98. The molecule has 3 amide bonds. The number of carbonyl (C=O) groups is 4. The summed E-state index contributed by atoms with van der Waals surface area (Å²) in [4.78, 5) is 52.6. The van der Waals surface area contributed by atoms with Crippen LogP contribution < -0.4 is 21.7 Å². The minimum atomic E-state index is -0.860. The molecule has 0 saturated carbocycles. The third kappa shape index (κ3) is 11.0. The number of hydrogen-bond donors (Lipinski definition) is 4. The van der Waals surface area contributed by atoms with Gasteiger partial charge in [-0.3, -0.25) is 19.2 Å². The minimum Gasteiger partial charge on any atom is -0.399 e. The normalized spacial score (nSPS) is 18.6. The Morgan fingerprint density at radius 2 is 1.49 bits per heavy atom. The molecule has 1 aromatic rings. The van der Waals surface area contributed by atoms with Gasteiger partial charge in [-0.1, -0.05) is 65.5 Å². The van der Waals surface area contributed by atoms with Gasteiger partial charge in [-0.15, -0.1) is 0 Å². The van der Waals surface area contributed by atoms with Crippen molar-refractivity contribution in [1.29, 1.82) is 0 Å². The lowest BCUT2D eigenvalue weighted by Gasteiger charge is -2.26. The summed E-state index contributed by atoms with van der Waals surface area (Å²) in [6.07, 6.45) is 5.71. The van der Waals surface area contributed by atoms with Gasteiger partial charge in [-0.05, 0) is 49.8 Å². The van der Waals surface area contributed by atoms with E-state index in [-0.39, 0.29) is 24.0 Å². The molecule has 0 bridgehead atoms. The summed E-state index contributed by atoms with van der Waals surface area (Å²) in [6.45, 7) is 10.1. The number of Topliss-reactive ketones (excluding diaryl/α,β-unsaturated/α-hetero) is 1. The molecule has 5 N–H and O–H groups in total. The number of epoxide rings is 1. The largest absolute Gasteiger partial charge is 0.399 e. The molecule has 9 heteroatoms. The standard InChI is InChI=1S/C30H48N4O5/c1-6-8-10-12-26(35)32-25(18-21-13-15-22(31)16-14-21)29(38)33-23(11-9-7-2)28(37)34-24(17-20(3)4)27(36)30(5)19-39-30/h13-16,20,23-25H,6-12,17-19,31H2,1-5H3,(H,32,35)(H,33,38)(H,34,37). The summed E-state index contributed by atoms with van der Waals surface area (Å²) in [5.41, 5.74) is 6.40. The second-order valence-electron chi connectivity index (χ2n) is 11.3. The van der Waals surface area contributed by atoms with Crippen LogP contribution in [0.2, 0.25) is 0 Å². The van der Waals surface area contributed by atoms with Crippen molar-refractivity contribution >= 4 is 29.2 Å². The molecule has 1 aliphatic heterocycles. The molecule has 218 valence electrons. The lowest BCUT2D eigenvalue weighted by Crippen LogP contribution is -2.57. The smallest absolute Gasteiger partial charge is 0.243 e. The van der Waals surface area contributed by atoms with Gasteiger partial charge in [0.2, 0.25) is 17.7 Å². The number of nitrogen functional groups attached to an aromatic ring is 1. The van der Waals surface area contributed by atoms with Crippen molar-refractivity contribution in [2.24, 2.45) is 5.92 Å². The fraction of sp³-hybridized carbons (Fsp3) is 0.667. The number of unbranched alkanes of at least 4 members (excludes halogenated alkanes) is 3. The number of benzene rings is 1. The number of anilines is 1. The highest BCUT2D eigenvalue weighted by atomic mass is 16.6. The van der Waals surface area contributed by atoms with E-state index >= 15 is 0 Å². The SMILES string of the molecule is CCCCCC(=O)NC(Cc1ccc(N)cc1)C(=O)NC(CCCC)C(=O)NC(CC(C)C)C(=O)C1(C)CO1. The first-order valence-corrected chi connectivity index (χ1v) is 14.4. The van der Waals surface area contributed by atoms with Gasteiger partial charge in [-0.25, -0.2) is 0 Å². The van der Waals surface area contributed by atoms with Crippen molar-refractivity contribution in [1.82, 2.24) is 16.0 Å². The Bertz CT molecular complexity index is 959. The molecule has 0 aromatic heterocycles. The molecule has 0 aliphatic carbocycles. The van der Waals surface area contributed by atoms with E-state index in [0.29, 0.717) is 38.0 Å². The average Bonchev–Trinajstić information content (AvgIpc) is 3.64. The van der Waals surface area contributed by atoms with E-state index in [9.17, 15) is 19.2 Å². The maximum absolute atomic E-state index is 13.5. The molecule has 1 heterocycles. The first-order valence-electron chi connectivity index (χ1n) is 14.4. The minimum absolute atomic E-state index is 0.148. The zero-order valence-electron chi connectivity index (χ0n) is 24.3. The van der Waals surface area contributed by atoms with Gasteiger partial charge in [0.05, 0.1) is 12.6 Å². The fourth-order valence-electron chi connectivity index (χ4n) is 4.44. The second-order valence-corrected chi connectivity index (χ2v) is 11.3. The third-order valence-electron chi connectivity index (χ3n) is 7.00. The van der Waals surface area contributed by atoms with E-state index < -0.39 is 35.5 Å². The predicted octanol–water partition coefficient (Wildman–Crippen LogP) is 3.44. The van der Waals surface area contributed by atoms with E-state index in [0.717, 1.165) is 31.2 Å². The van der Waals surface area contributed by atoms with E-state index in [1.165, 1.54) is 0 Å². The lowest BCUT2D eigenvalue weighted by molar-refractivity contribution is -0.134. The molecule has 1 aromatic carbocycles. The van der Waals surface area contributed by atoms with E-state index in [1.807, 2.05) is 32.9 Å². The number of carbonyl (C=O) groups excluding carboxylic acids is 4. The summed E-state index contributed by atoms with van der Waals surface area (Å²) in [5.74, 6) is -1.01. The van der Waals surface area contributed by atoms with Gasteiger partial charge in [0, 0.05) is 18.5 Å². The maximum Gasteiger partial charge on any atom is 0.243 e. The summed E-state index contributed by atoms with van der Waals surface area (Å²) in [5, 5.41) is 8.64. The van der Waals surface area contributed by atoms with Crippen LogP contribution in [0.4, 0.5) is 5.69 Å². The second kappa shape index (κ2) is 15.6. The lowest BCUT2D eigenvalue weighted by atomic mass is 9.93. The number of hydrogen-bond acceptors (Lipinski definition) is 6. The van der Waals surface area contributed by atoms with Crippen LogP contribution in [0.3, 0.4) is 0 Å². The third-order valence-corrected chi connectivity index (χ3v) is 7.00. The molecule has 2 rings (SSSR count). The fourth-order valence-corrected chi connectivity index (χ4v) is 4.44. The molecule has 39 heavy (non-hydrogen) atoms. The van der Waals surface area contributed by atoms with Gasteiger partial charge in [-0.2, -0.15) is 0 Å². The number of ether oxygens (including phenoxy) is 1. The number of ketones is 1. The summed E-state index contributed by atoms with van der Waals surface area (Å²) >= 11 is 0. The van der Waals surface area contributed by atoms with Crippen molar-refractivity contribution < 1.29 is 23.9 Å². The molecule has 1 aliphatic rings. The van der Waals surface area contributed by atoms with E-state index in [2.05, 4.69) is 22.9 Å². The molecule has 4 atom stereocenters. The van der Waals surface area contributed by atoms with Crippen LogP contribution in [-0.4, -0.2) is 53.8 Å². The van der Waals surface area contributed by atoms with E-state index in [1.54, 1.807) is 19.1 Å². The Morgan fingerprint density at radius 3 is 2.05 bits per heavy atom. The molecule has 9 nitrogen and oxygen atoms in total. The van der Waals surface area contributed by atoms with Crippen molar-refractivity contribution in [3.05, 3.63) is 29.8 Å². The highest BCUT2D eigenvalue weighted by Gasteiger charge is 2.50. The Morgan fingerprint density at radius 1 is 0.897 bits per heavy atom. The molecule has 0 radical (unpaired) electrons. The zero-order chi connectivity index (χ0) is 29.0. The van der Waals surface area contributed by atoms with Crippen LogP contribution in [0.25, 0.3) is 0 Å². The quantitative estimate of drug-likeness (QED) is 0.127. The van der Waals surface area contributed by atoms with Crippen molar-refractivity contribution in [3.63, 3.8) is 0 Å². The van der Waals surface area contributed by atoms with Crippen LogP contribution in [-0.2, 0) is 30.3 Å². The Hall–Kier alpha value is -2.94. The first kappa shape index (κ1) is 32.3. The number of nitrogens with two attached hydrogens (primary N) is 1. The van der Waals surface area contributed by atoms with Crippen LogP contribution in [0.1, 0.15) is 91.5 Å². The van der Waals surface area contributed by atoms with Gasteiger partial charge in [0.15, 0.2) is 5.78 Å². The van der Waals surface area contributed by atoms with Gasteiger partial charge in [0.1, 0.15) is 17.7 Å². The summed E-state index contributed by atoms with van der Waals surface area (Å²) in [6, 6.07) is 4.76. The Kier molecular flexibility index (Phi) is 12.9. The Labute approximate surface area is 233 Å². The summed E-state index contributed by atoms with van der Waals surface area (Å²) in [7, 11) is 0. The van der Waals surface area contributed by atoms with Crippen LogP contribution in [0.15, 0.2) is 24.3 Å². The number of amides is 3. The predicted molar refractivity (Wildman–Crippen MR) is 153 cm³/mol. The molecule has 0 spiro atoms. The van der Waals surface area contributed by atoms with Crippen LogP contribution in [0.5, 0.6) is 0 Å². The highest BCUT2D eigenvalue weighted by Crippen LogP contribution is 2.29. The van der Waals surface area contributed by atoms with Gasteiger partial charge < -0.3 is 26.4 Å². The molecular formula is C30H48N4O5. The topological polar surface area (TPSA) is 143 Å². The monoisotopic (exact) mass is 544 g/mol. The van der Waals surface area contributed by atoms with Crippen LogP contribution >= 0.6 is 0 Å². The molecular weight excluding hydrogens is 496 g/mol. The van der Waals surface area contributed by atoms with Crippen molar-refractivity contribution in [2.45, 2.75) is 116 Å². The van der Waals surface area contributed by atoms with E-state index in [4.69, 9.17) is 10.5 Å². The van der Waals surface area contributed by atoms with Gasteiger partial charge in [0.25, 0.3) is 0 Å². The van der Waals surface area contributed by atoms with Gasteiger partial charge >= 0.3 is 0 Å². The van der Waals surface area contributed by atoms with Crippen molar-refractivity contribution in [3.8, 4) is 0 Å². The Balaban J connectivity index is 2.18. The first-order chi connectivity index (χ1) is 18.5. The van der Waals surface area contributed by atoms with Crippen molar-refractivity contribution in [2.75, 3.05) is 12.3 Å². The molecule has 1 fully saturated rings. The summed E-state index contributed by atoms with van der Waals surface area (Å²) < 4.78 is 5.34. The molecule has 4 unspecified atom stereocenters. The molecule has 1 saturated heterocycles. The maximum atomic E-state index is 13.5. The average molecular weight is 545 g/mol. The number of nitrogens with one attached hydrogen (secondary N) is 3. The number of rotatable bonds is 18. The zero-order valence-corrected chi connectivity index (χ0v) is 24.3. The van der Waals surface area contributed by atoms with Crippen LogP contribution in [0, 0.1) is 5.92 Å².